The predicted octanol–water partition coefficient (Wildman–Crippen LogP) is 2.87. The second-order valence-corrected chi connectivity index (χ2v) is 10.8. The number of methoxy groups -OCH3 is 1. The molecule has 0 amide bonds. The molecule has 2 aliphatic rings. The number of aliphatic hydroxyl groups excluding tert-OH is 1. The highest BCUT2D eigenvalue weighted by Crippen LogP contribution is 2.43. The lowest BCUT2D eigenvalue weighted by Crippen LogP contribution is -2.67. The van der Waals surface area contributed by atoms with Crippen molar-refractivity contribution in [1.29, 1.82) is 0 Å². The van der Waals surface area contributed by atoms with E-state index in [-0.39, 0.29) is 24.7 Å². The Kier molecular flexibility index (Phi) is 10.9. The molecule has 2 rings (SSSR count). The average Bonchev–Trinajstić information content (AvgIpc) is 2.85. The van der Waals surface area contributed by atoms with Gasteiger partial charge < -0.3 is 33.5 Å². The SMILES string of the molecule is CC[C@@H](OC(C)=O)[C@@H](OC(C)=O)C1O[C@@](OCC2O[C@@H](C)C(C)[C@@H](C)[C@H]2C)(C(=O)OC)C(O)[C@@H](C)[C@H]1C. The van der Waals surface area contributed by atoms with Crippen LogP contribution in [0.15, 0.2) is 0 Å². The van der Waals surface area contributed by atoms with Gasteiger partial charge in [0.05, 0.1) is 25.9 Å². The molecule has 0 aromatic carbocycles. The average molecular weight is 531 g/mol. The zero-order valence-electron chi connectivity index (χ0n) is 23.9. The minimum atomic E-state index is -2.20. The van der Waals surface area contributed by atoms with Crippen LogP contribution >= 0.6 is 0 Å². The summed E-state index contributed by atoms with van der Waals surface area (Å²) < 4.78 is 34.7. The number of rotatable bonds is 9. The zero-order chi connectivity index (χ0) is 28.2. The van der Waals surface area contributed by atoms with Gasteiger partial charge in [-0.3, -0.25) is 9.59 Å². The van der Waals surface area contributed by atoms with Crippen LogP contribution in [0.1, 0.15) is 68.7 Å². The maximum Gasteiger partial charge on any atom is 0.369 e. The molecule has 2 aliphatic heterocycles. The van der Waals surface area contributed by atoms with Gasteiger partial charge in [-0.25, -0.2) is 4.79 Å². The molecule has 0 spiro atoms. The van der Waals surface area contributed by atoms with Gasteiger partial charge in [-0.1, -0.05) is 41.5 Å². The van der Waals surface area contributed by atoms with Crippen LogP contribution in [0.25, 0.3) is 0 Å². The van der Waals surface area contributed by atoms with Crippen LogP contribution < -0.4 is 0 Å². The molecular formula is C27H46O10. The van der Waals surface area contributed by atoms with Gasteiger partial charge in [0.25, 0.3) is 5.79 Å². The lowest BCUT2D eigenvalue weighted by atomic mass is 9.76. The van der Waals surface area contributed by atoms with Crippen LogP contribution in [0.2, 0.25) is 0 Å². The van der Waals surface area contributed by atoms with Gasteiger partial charge in [0.2, 0.25) is 0 Å². The number of carbonyl (C=O) groups is 3. The van der Waals surface area contributed by atoms with Crippen molar-refractivity contribution in [3.05, 3.63) is 0 Å². The highest BCUT2D eigenvalue weighted by atomic mass is 16.8. The van der Waals surface area contributed by atoms with E-state index in [9.17, 15) is 19.5 Å². The Labute approximate surface area is 220 Å². The standard InChI is InChI=1S/C27H46O10/c1-11-21(35-19(8)28)24(36-20(9)29)23-16(5)17(6)25(30)27(37-23,26(31)32-10)33-12-22-15(4)13(2)14(3)18(7)34-22/h13-18,21-25,30H,11-12H2,1-10H3/t13-,14?,15-,16-,17+,18+,21-,22?,23?,24-,25?,27-/m1/s1. The van der Waals surface area contributed by atoms with E-state index in [0.717, 1.165) is 0 Å². The molecule has 2 heterocycles. The number of hydrogen-bond donors (Lipinski definition) is 1. The molecule has 10 nitrogen and oxygen atoms in total. The minimum absolute atomic E-state index is 0.0137. The molecule has 0 aliphatic carbocycles. The Balaban J connectivity index is 2.46. The molecule has 1 N–H and O–H groups in total. The Morgan fingerprint density at radius 1 is 0.892 bits per heavy atom. The zero-order valence-corrected chi connectivity index (χ0v) is 23.9. The van der Waals surface area contributed by atoms with Crippen molar-refractivity contribution in [3.63, 3.8) is 0 Å². The van der Waals surface area contributed by atoms with Crippen molar-refractivity contribution >= 4 is 17.9 Å². The van der Waals surface area contributed by atoms with E-state index in [1.807, 2.05) is 13.8 Å². The highest BCUT2D eigenvalue weighted by molar-refractivity contribution is 5.79. The summed E-state index contributed by atoms with van der Waals surface area (Å²) in [5.74, 6) is -4.38. The monoisotopic (exact) mass is 530 g/mol. The number of carbonyl (C=O) groups excluding carboxylic acids is 3. The van der Waals surface area contributed by atoms with E-state index >= 15 is 0 Å². The largest absolute Gasteiger partial charge is 0.465 e. The third-order valence-electron chi connectivity index (χ3n) is 8.57. The molecule has 2 saturated heterocycles. The van der Waals surface area contributed by atoms with E-state index in [1.54, 1.807) is 13.8 Å². The number of hydrogen-bond acceptors (Lipinski definition) is 10. The van der Waals surface area contributed by atoms with Gasteiger partial charge in [0, 0.05) is 13.8 Å². The van der Waals surface area contributed by atoms with E-state index in [2.05, 4.69) is 20.8 Å². The lowest BCUT2D eigenvalue weighted by molar-refractivity contribution is -0.353. The normalized spacial score (nSPS) is 39.8. The summed E-state index contributed by atoms with van der Waals surface area (Å²) in [5, 5.41) is 11.3. The van der Waals surface area contributed by atoms with Crippen molar-refractivity contribution in [2.75, 3.05) is 13.7 Å². The summed E-state index contributed by atoms with van der Waals surface area (Å²) >= 11 is 0. The molecule has 2 fully saturated rings. The van der Waals surface area contributed by atoms with Crippen molar-refractivity contribution in [3.8, 4) is 0 Å². The van der Waals surface area contributed by atoms with Crippen molar-refractivity contribution in [1.82, 2.24) is 0 Å². The Morgan fingerprint density at radius 3 is 2.00 bits per heavy atom. The van der Waals surface area contributed by atoms with E-state index in [4.69, 9.17) is 28.4 Å². The molecule has 12 atom stereocenters. The molecule has 0 aromatic rings. The first-order valence-electron chi connectivity index (χ1n) is 13.3. The Hall–Kier alpha value is -1.75. The topological polar surface area (TPSA) is 127 Å². The molecule has 10 heteroatoms. The van der Waals surface area contributed by atoms with Crippen molar-refractivity contribution in [2.24, 2.45) is 29.6 Å². The van der Waals surface area contributed by atoms with Crippen molar-refractivity contribution < 1.29 is 47.9 Å². The van der Waals surface area contributed by atoms with Gasteiger partial charge in [-0.2, -0.15) is 0 Å². The number of aliphatic hydroxyl groups is 1. The first-order chi connectivity index (χ1) is 17.2. The third-order valence-corrected chi connectivity index (χ3v) is 8.57. The van der Waals surface area contributed by atoms with Crippen LogP contribution in [0.5, 0.6) is 0 Å². The van der Waals surface area contributed by atoms with Crippen LogP contribution in [-0.4, -0.2) is 79.1 Å². The summed E-state index contributed by atoms with van der Waals surface area (Å²) in [6, 6.07) is 0. The summed E-state index contributed by atoms with van der Waals surface area (Å²) in [6.45, 7) is 16.2. The van der Waals surface area contributed by atoms with Gasteiger partial charge >= 0.3 is 17.9 Å². The Bertz CT molecular complexity index is 802. The lowest BCUT2D eigenvalue weighted by Gasteiger charge is -2.51. The van der Waals surface area contributed by atoms with Gasteiger partial charge in [0.1, 0.15) is 18.3 Å². The second kappa shape index (κ2) is 12.9. The molecule has 0 bridgehead atoms. The van der Waals surface area contributed by atoms with Crippen LogP contribution in [-0.2, 0) is 42.8 Å². The maximum atomic E-state index is 13.2. The fourth-order valence-corrected chi connectivity index (χ4v) is 5.48. The quantitative estimate of drug-likeness (QED) is 0.351. The summed E-state index contributed by atoms with van der Waals surface area (Å²) in [4.78, 5) is 37.1. The predicted molar refractivity (Wildman–Crippen MR) is 133 cm³/mol. The maximum absolute atomic E-state index is 13.2. The summed E-state index contributed by atoms with van der Waals surface area (Å²) in [5.41, 5.74) is 0. The van der Waals surface area contributed by atoms with Crippen LogP contribution in [0.3, 0.4) is 0 Å². The van der Waals surface area contributed by atoms with Crippen molar-refractivity contribution in [2.45, 2.75) is 111 Å². The smallest absolute Gasteiger partial charge is 0.369 e. The number of ether oxygens (including phenoxy) is 6. The third kappa shape index (κ3) is 6.64. The number of esters is 3. The van der Waals surface area contributed by atoms with E-state index in [1.165, 1.54) is 21.0 Å². The molecular weight excluding hydrogens is 484 g/mol. The van der Waals surface area contributed by atoms with Gasteiger partial charge in [-0.05, 0) is 42.9 Å². The minimum Gasteiger partial charge on any atom is -0.465 e. The molecule has 37 heavy (non-hydrogen) atoms. The molecule has 0 radical (unpaired) electrons. The molecule has 4 unspecified atom stereocenters. The molecule has 214 valence electrons. The van der Waals surface area contributed by atoms with Crippen LogP contribution in [0, 0.1) is 29.6 Å². The van der Waals surface area contributed by atoms with Crippen LogP contribution in [0.4, 0.5) is 0 Å². The van der Waals surface area contributed by atoms with Gasteiger partial charge in [-0.15, -0.1) is 0 Å². The Morgan fingerprint density at radius 2 is 1.49 bits per heavy atom. The first kappa shape index (κ1) is 31.5. The molecule has 0 aromatic heterocycles. The summed E-state index contributed by atoms with van der Waals surface area (Å²) in [6.07, 6.45) is -4.25. The fraction of sp³-hybridized carbons (Fsp3) is 0.889. The first-order valence-corrected chi connectivity index (χ1v) is 13.3. The summed E-state index contributed by atoms with van der Waals surface area (Å²) in [7, 11) is 1.18. The van der Waals surface area contributed by atoms with E-state index < -0.39 is 59.9 Å². The fourth-order valence-electron chi connectivity index (χ4n) is 5.48. The molecule has 0 saturated carbocycles. The highest BCUT2D eigenvalue weighted by Gasteiger charge is 2.61. The second-order valence-electron chi connectivity index (χ2n) is 10.8. The van der Waals surface area contributed by atoms with E-state index in [0.29, 0.717) is 18.3 Å². The van der Waals surface area contributed by atoms with Gasteiger partial charge in [0.15, 0.2) is 6.10 Å².